The van der Waals surface area contributed by atoms with Crippen molar-refractivity contribution in [3.05, 3.63) is 29.8 Å². The quantitative estimate of drug-likeness (QED) is 0.876. The Morgan fingerprint density at radius 3 is 2.35 bits per heavy atom. The third kappa shape index (κ3) is 5.79. The minimum Gasteiger partial charge on any atom is -0.490 e. The first-order valence-electron chi connectivity index (χ1n) is 6.30. The molecule has 6 heteroatoms. The number of hydrogen-bond donors (Lipinski definition) is 2. The van der Waals surface area contributed by atoms with Crippen molar-refractivity contribution in [2.45, 2.75) is 45.1 Å². The lowest BCUT2D eigenvalue weighted by Gasteiger charge is -2.22. The van der Waals surface area contributed by atoms with Crippen LogP contribution in [0.25, 0.3) is 0 Å². The van der Waals surface area contributed by atoms with Crippen molar-refractivity contribution in [1.29, 1.82) is 0 Å². The van der Waals surface area contributed by atoms with Gasteiger partial charge in [-0.15, -0.1) is 0 Å². The zero-order chi connectivity index (χ0) is 15.4. The molecular formula is C14H20F3NO2. The van der Waals surface area contributed by atoms with E-state index in [1.165, 1.54) is 0 Å². The molecule has 0 aromatic heterocycles. The smallest absolute Gasteiger partial charge is 0.417 e. The van der Waals surface area contributed by atoms with Crippen LogP contribution in [-0.2, 0) is 6.54 Å². The van der Waals surface area contributed by atoms with Crippen LogP contribution in [0.1, 0.15) is 26.3 Å². The van der Waals surface area contributed by atoms with Crippen molar-refractivity contribution in [1.82, 2.24) is 5.32 Å². The van der Waals surface area contributed by atoms with E-state index in [9.17, 15) is 13.2 Å². The summed E-state index contributed by atoms with van der Waals surface area (Å²) in [7, 11) is 0. The van der Waals surface area contributed by atoms with Crippen molar-refractivity contribution in [2.75, 3.05) is 6.61 Å². The topological polar surface area (TPSA) is 41.5 Å². The molecule has 0 aliphatic rings. The average Bonchev–Trinajstić information content (AvgIpc) is 2.32. The van der Waals surface area contributed by atoms with Crippen molar-refractivity contribution in [2.24, 2.45) is 0 Å². The largest absolute Gasteiger partial charge is 0.490 e. The van der Waals surface area contributed by atoms with Gasteiger partial charge < -0.3 is 15.2 Å². The molecule has 0 aliphatic heterocycles. The molecule has 0 fully saturated rings. The lowest BCUT2D eigenvalue weighted by Crippen LogP contribution is -2.36. The highest BCUT2D eigenvalue weighted by molar-refractivity contribution is 5.33. The van der Waals surface area contributed by atoms with E-state index in [0.717, 1.165) is 5.56 Å². The summed E-state index contributed by atoms with van der Waals surface area (Å²) in [6, 6.07) is 6.82. The number of hydrogen-bond acceptors (Lipinski definition) is 3. The van der Waals surface area contributed by atoms with Crippen LogP contribution in [0, 0.1) is 0 Å². The molecule has 0 spiro atoms. The SMILES string of the molecule is CC(C)(C)NCc1ccccc1OCC(O)C(F)(F)F. The molecule has 114 valence electrons. The Balaban J connectivity index is 2.66. The van der Waals surface area contributed by atoms with Gasteiger partial charge in [-0.25, -0.2) is 0 Å². The Hall–Kier alpha value is -1.27. The van der Waals surface area contributed by atoms with E-state index < -0.39 is 18.9 Å². The number of rotatable bonds is 5. The zero-order valence-electron chi connectivity index (χ0n) is 11.8. The number of ether oxygens (including phenoxy) is 1. The summed E-state index contributed by atoms with van der Waals surface area (Å²) in [4.78, 5) is 0. The molecule has 1 aromatic carbocycles. The first kappa shape index (κ1) is 16.8. The van der Waals surface area contributed by atoms with Crippen molar-refractivity contribution >= 4 is 0 Å². The molecule has 20 heavy (non-hydrogen) atoms. The second kappa shape index (κ2) is 6.45. The maximum Gasteiger partial charge on any atom is 0.417 e. The summed E-state index contributed by atoms with van der Waals surface area (Å²) in [6.07, 6.45) is -7.15. The fraction of sp³-hybridized carbons (Fsp3) is 0.571. The van der Waals surface area contributed by atoms with Crippen LogP contribution in [0.15, 0.2) is 24.3 Å². The number of aliphatic hydroxyl groups is 1. The summed E-state index contributed by atoms with van der Waals surface area (Å²) in [5.41, 5.74) is 0.635. The minimum absolute atomic E-state index is 0.113. The second-order valence-electron chi connectivity index (χ2n) is 5.58. The van der Waals surface area contributed by atoms with Gasteiger partial charge in [0.25, 0.3) is 0 Å². The maximum absolute atomic E-state index is 12.2. The number of alkyl halides is 3. The van der Waals surface area contributed by atoms with Gasteiger partial charge in [0.05, 0.1) is 0 Å². The fourth-order valence-corrected chi connectivity index (χ4v) is 1.41. The molecule has 0 aliphatic carbocycles. The molecule has 0 saturated heterocycles. The lowest BCUT2D eigenvalue weighted by atomic mass is 10.1. The maximum atomic E-state index is 12.2. The summed E-state index contributed by atoms with van der Waals surface area (Å²) in [5.74, 6) is 0.340. The van der Waals surface area contributed by atoms with Crippen LogP contribution in [0.5, 0.6) is 5.75 Å². The van der Waals surface area contributed by atoms with Gasteiger partial charge in [-0.1, -0.05) is 18.2 Å². The lowest BCUT2D eigenvalue weighted by molar-refractivity contribution is -0.210. The predicted molar refractivity (Wildman–Crippen MR) is 70.6 cm³/mol. The highest BCUT2D eigenvalue weighted by atomic mass is 19.4. The summed E-state index contributed by atoms with van der Waals surface area (Å²) < 4.78 is 41.7. The number of nitrogens with one attached hydrogen (secondary N) is 1. The monoisotopic (exact) mass is 291 g/mol. The number of benzene rings is 1. The van der Waals surface area contributed by atoms with Crippen LogP contribution < -0.4 is 10.1 Å². The molecule has 0 amide bonds. The van der Waals surface area contributed by atoms with Crippen LogP contribution in [0.3, 0.4) is 0 Å². The van der Waals surface area contributed by atoms with E-state index in [4.69, 9.17) is 9.84 Å². The molecule has 1 unspecified atom stereocenters. The van der Waals surface area contributed by atoms with Gasteiger partial charge in [0, 0.05) is 17.6 Å². The highest BCUT2D eigenvalue weighted by Gasteiger charge is 2.38. The van der Waals surface area contributed by atoms with E-state index in [2.05, 4.69) is 5.32 Å². The molecule has 1 aromatic rings. The number of aliphatic hydroxyl groups excluding tert-OH is 1. The van der Waals surface area contributed by atoms with Crippen LogP contribution in [0.2, 0.25) is 0 Å². The summed E-state index contributed by atoms with van der Waals surface area (Å²) in [5, 5.41) is 12.2. The Labute approximate surface area is 116 Å². The average molecular weight is 291 g/mol. The van der Waals surface area contributed by atoms with Crippen LogP contribution in [0.4, 0.5) is 13.2 Å². The highest BCUT2D eigenvalue weighted by Crippen LogP contribution is 2.23. The Bertz CT molecular complexity index is 427. The summed E-state index contributed by atoms with van der Waals surface area (Å²) >= 11 is 0. The van der Waals surface area contributed by atoms with Gasteiger partial charge in [-0.2, -0.15) is 13.2 Å². The first-order valence-corrected chi connectivity index (χ1v) is 6.30. The molecule has 1 atom stereocenters. The minimum atomic E-state index is -4.67. The molecule has 0 bridgehead atoms. The van der Waals surface area contributed by atoms with E-state index in [1.807, 2.05) is 20.8 Å². The number of para-hydroxylation sites is 1. The Morgan fingerprint density at radius 1 is 1.20 bits per heavy atom. The predicted octanol–water partition coefficient (Wildman–Crippen LogP) is 2.88. The van der Waals surface area contributed by atoms with E-state index in [1.54, 1.807) is 24.3 Å². The van der Waals surface area contributed by atoms with Crippen LogP contribution >= 0.6 is 0 Å². The van der Waals surface area contributed by atoms with Gasteiger partial charge in [0.15, 0.2) is 6.10 Å². The van der Waals surface area contributed by atoms with Gasteiger partial charge in [0.2, 0.25) is 0 Å². The van der Waals surface area contributed by atoms with E-state index >= 15 is 0 Å². The van der Waals surface area contributed by atoms with Gasteiger partial charge in [0.1, 0.15) is 12.4 Å². The van der Waals surface area contributed by atoms with E-state index in [0.29, 0.717) is 12.3 Å². The Morgan fingerprint density at radius 2 is 1.80 bits per heavy atom. The van der Waals surface area contributed by atoms with E-state index in [-0.39, 0.29) is 5.54 Å². The molecule has 0 radical (unpaired) electrons. The molecule has 2 N–H and O–H groups in total. The molecule has 0 heterocycles. The van der Waals surface area contributed by atoms with Gasteiger partial charge >= 0.3 is 6.18 Å². The van der Waals surface area contributed by atoms with Crippen LogP contribution in [-0.4, -0.2) is 29.5 Å². The van der Waals surface area contributed by atoms with Crippen molar-refractivity contribution < 1.29 is 23.0 Å². The molecule has 0 saturated carbocycles. The first-order chi connectivity index (χ1) is 9.09. The molecular weight excluding hydrogens is 271 g/mol. The van der Waals surface area contributed by atoms with Crippen molar-refractivity contribution in [3.63, 3.8) is 0 Å². The van der Waals surface area contributed by atoms with Gasteiger partial charge in [-0.05, 0) is 26.8 Å². The Kier molecular flexibility index (Phi) is 5.42. The fourth-order valence-electron chi connectivity index (χ4n) is 1.41. The van der Waals surface area contributed by atoms with Gasteiger partial charge in [-0.3, -0.25) is 0 Å². The third-order valence-electron chi connectivity index (χ3n) is 2.56. The molecule has 1 rings (SSSR count). The van der Waals surface area contributed by atoms with Crippen molar-refractivity contribution in [3.8, 4) is 5.75 Å². The third-order valence-corrected chi connectivity index (χ3v) is 2.56. The summed E-state index contributed by atoms with van der Waals surface area (Å²) in [6.45, 7) is 5.63. The standard InChI is InChI=1S/C14H20F3NO2/c1-13(2,3)18-8-10-6-4-5-7-11(10)20-9-12(19)14(15,16)17/h4-7,12,18-19H,8-9H2,1-3H3. The zero-order valence-corrected chi connectivity index (χ0v) is 11.8. The number of halogens is 3. The molecule has 3 nitrogen and oxygen atoms in total. The normalized spacial score (nSPS) is 14.2. The second-order valence-corrected chi connectivity index (χ2v) is 5.58.